The van der Waals surface area contributed by atoms with Gasteiger partial charge in [0.2, 0.25) is 0 Å². The van der Waals surface area contributed by atoms with Crippen LogP contribution in [-0.4, -0.2) is 14.7 Å². The van der Waals surface area contributed by atoms with Gasteiger partial charge >= 0.3 is 0 Å². The molecule has 0 aliphatic carbocycles. The molecule has 1 N–H and O–H groups in total. The Balaban J connectivity index is 2.16. The summed E-state index contributed by atoms with van der Waals surface area (Å²) in [4.78, 5) is 4.17. The number of hydrogen-bond acceptors (Lipinski definition) is 3. The van der Waals surface area contributed by atoms with Crippen molar-refractivity contribution in [1.82, 2.24) is 9.55 Å². The van der Waals surface area contributed by atoms with Crippen molar-refractivity contribution < 1.29 is 9.84 Å². The molecular weight excluding hydrogens is 252 g/mol. The maximum absolute atomic E-state index is 9.68. The highest BCUT2D eigenvalue weighted by molar-refractivity contribution is 6.30. The van der Waals surface area contributed by atoms with Crippen molar-refractivity contribution in [2.75, 3.05) is 0 Å². The minimum absolute atomic E-state index is 0.352. The van der Waals surface area contributed by atoms with E-state index in [1.165, 1.54) is 0 Å². The Kier molecular flexibility index (Phi) is 3.89. The van der Waals surface area contributed by atoms with Gasteiger partial charge in [-0.25, -0.2) is 4.98 Å². The maximum atomic E-state index is 9.68. The first kappa shape index (κ1) is 12.9. The standard InChI is InChI=1S/C13H15ClN2O2/c1-9(17)11-7-10(14)3-4-12(11)18-8-13-15-5-6-16(13)2/h3-7,9,17H,8H2,1-2H3. The number of nitrogens with zero attached hydrogens (tertiary/aromatic N) is 2. The highest BCUT2D eigenvalue weighted by Crippen LogP contribution is 2.28. The van der Waals surface area contributed by atoms with E-state index in [9.17, 15) is 5.11 Å². The Bertz CT molecular complexity index is 538. The molecule has 18 heavy (non-hydrogen) atoms. The lowest BCUT2D eigenvalue weighted by Gasteiger charge is -2.13. The molecule has 96 valence electrons. The molecule has 1 aromatic heterocycles. The van der Waals surface area contributed by atoms with Crippen molar-refractivity contribution >= 4 is 11.6 Å². The van der Waals surface area contributed by atoms with E-state index in [-0.39, 0.29) is 0 Å². The number of hydrogen-bond donors (Lipinski definition) is 1. The quantitative estimate of drug-likeness (QED) is 0.926. The molecule has 0 saturated heterocycles. The van der Waals surface area contributed by atoms with Gasteiger partial charge in [-0.1, -0.05) is 11.6 Å². The lowest BCUT2D eigenvalue weighted by Crippen LogP contribution is -2.05. The largest absolute Gasteiger partial charge is 0.485 e. The molecule has 0 radical (unpaired) electrons. The van der Waals surface area contributed by atoms with E-state index >= 15 is 0 Å². The van der Waals surface area contributed by atoms with Crippen molar-refractivity contribution in [3.8, 4) is 5.75 Å². The van der Waals surface area contributed by atoms with Crippen LogP contribution in [-0.2, 0) is 13.7 Å². The van der Waals surface area contributed by atoms with Gasteiger partial charge in [0.05, 0.1) is 6.10 Å². The van der Waals surface area contributed by atoms with Crippen molar-refractivity contribution in [3.05, 3.63) is 47.0 Å². The fourth-order valence-electron chi connectivity index (χ4n) is 1.66. The molecule has 1 aromatic carbocycles. The van der Waals surface area contributed by atoms with Crippen molar-refractivity contribution in [2.24, 2.45) is 7.05 Å². The number of aryl methyl sites for hydroxylation is 1. The molecule has 1 atom stereocenters. The third-order valence-electron chi connectivity index (χ3n) is 2.70. The highest BCUT2D eigenvalue weighted by atomic mass is 35.5. The third kappa shape index (κ3) is 2.83. The Morgan fingerprint density at radius 3 is 2.89 bits per heavy atom. The maximum Gasteiger partial charge on any atom is 0.146 e. The summed E-state index contributed by atoms with van der Waals surface area (Å²) >= 11 is 5.90. The summed E-state index contributed by atoms with van der Waals surface area (Å²) in [6.45, 7) is 2.03. The molecule has 1 unspecified atom stereocenters. The normalized spacial score (nSPS) is 12.4. The van der Waals surface area contributed by atoms with Gasteiger partial charge in [0.25, 0.3) is 0 Å². The SMILES string of the molecule is CC(O)c1cc(Cl)ccc1OCc1nccn1C. The van der Waals surface area contributed by atoms with Gasteiger partial charge in [-0.15, -0.1) is 0 Å². The number of halogens is 1. The van der Waals surface area contributed by atoms with Crippen LogP contribution < -0.4 is 4.74 Å². The number of ether oxygens (including phenoxy) is 1. The Labute approximate surface area is 111 Å². The van der Waals surface area contributed by atoms with Crippen LogP contribution in [0.4, 0.5) is 0 Å². The first-order valence-corrected chi connectivity index (χ1v) is 6.02. The molecule has 0 aliphatic rings. The van der Waals surface area contributed by atoms with Gasteiger partial charge in [0.1, 0.15) is 18.2 Å². The molecule has 2 aromatic rings. The van der Waals surface area contributed by atoms with Crippen LogP contribution in [0.2, 0.25) is 5.02 Å². The predicted octanol–water partition coefficient (Wildman–Crippen LogP) is 2.71. The topological polar surface area (TPSA) is 47.3 Å². The molecule has 4 nitrogen and oxygen atoms in total. The fourth-order valence-corrected chi connectivity index (χ4v) is 1.84. The average molecular weight is 267 g/mol. The number of aromatic nitrogens is 2. The van der Waals surface area contributed by atoms with E-state index in [2.05, 4.69) is 4.98 Å². The number of rotatable bonds is 4. The summed E-state index contributed by atoms with van der Waals surface area (Å²) in [5.41, 5.74) is 0.678. The van der Waals surface area contributed by atoms with Crippen LogP contribution in [0, 0.1) is 0 Å². The first-order valence-electron chi connectivity index (χ1n) is 5.64. The fraction of sp³-hybridized carbons (Fsp3) is 0.308. The highest BCUT2D eigenvalue weighted by Gasteiger charge is 2.11. The zero-order valence-corrected chi connectivity index (χ0v) is 11.1. The summed E-state index contributed by atoms with van der Waals surface area (Å²) in [5, 5.41) is 10.3. The summed E-state index contributed by atoms with van der Waals surface area (Å²) in [7, 11) is 1.91. The first-order chi connectivity index (χ1) is 8.58. The van der Waals surface area contributed by atoms with Gasteiger partial charge in [-0.2, -0.15) is 0 Å². The van der Waals surface area contributed by atoms with E-state index < -0.39 is 6.10 Å². The molecular formula is C13H15ClN2O2. The van der Waals surface area contributed by atoms with Crippen LogP contribution in [0.1, 0.15) is 24.4 Å². The summed E-state index contributed by atoms with van der Waals surface area (Å²) in [5.74, 6) is 1.44. The Morgan fingerprint density at radius 2 is 2.28 bits per heavy atom. The van der Waals surface area contributed by atoms with Crippen molar-refractivity contribution in [3.63, 3.8) is 0 Å². The van der Waals surface area contributed by atoms with Gasteiger partial charge in [-0.3, -0.25) is 0 Å². The van der Waals surface area contributed by atoms with Gasteiger partial charge in [0, 0.05) is 30.0 Å². The second-order valence-electron chi connectivity index (χ2n) is 4.10. The molecule has 0 fully saturated rings. The van der Waals surface area contributed by atoms with Crippen LogP contribution in [0.15, 0.2) is 30.6 Å². The van der Waals surface area contributed by atoms with E-state index in [0.717, 1.165) is 5.82 Å². The number of benzene rings is 1. The summed E-state index contributed by atoms with van der Waals surface area (Å²) in [6.07, 6.45) is 2.95. The molecule has 0 spiro atoms. The zero-order valence-electron chi connectivity index (χ0n) is 10.3. The van der Waals surface area contributed by atoms with Crippen LogP contribution in [0.25, 0.3) is 0 Å². The lowest BCUT2D eigenvalue weighted by atomic mass is 10.1. The number of aliphatic hydroxyl groups is 1. The van der Waals surface area contributed by atoms with Crippen LogP contribution in [0.3, 0.4) is 0 Å². The minimum atomic E-state index is -0.625. The van der Waals surface area contributed by atoms with E-state index in [4.69, 9.17) is 16.3 Å². The van der Waals surface area contributed by atoms with E-state index in [0.29, 0.717) is 22.9 Å². The van der Waals surface area contributed by atoms with Gasteiger partial charge < -0.3 is 14.4 Å². The molecule has 0 aliphatic heterocycles. The summed E-state index contributed by atoms with van der Waals surface area (Å²) in [6, 6.07) is 5.20. The van der Waals surface area contributed by atoms with Crippen LogP contribution >= 0.6 is 11.6 Å². The second kappa shape index (κ2) is 5.42. The number of aliphatic hydroxyl groups excluding tert-OH is 1. The van der Waals surface area contributed by atoms with Gasteiger partial charge in [0.15, 0.2) is 0 Å². The van der Waals surface area contributed by atoms with E-state index in [1.54, 1.807) is 31.3 Å². The third-order valence-corrected chi connectivity index (χ3v) is 2.93. The number of imidazole rings is 1. The van der Waals surface area contributed by atoms with Crippen LogP contribution in [0.5, 0.6) is 5.75 Å². The molecule has 5 heteroatoms. The average Bonchev–Trinajstić information content (AvgIpc) is 2.73. The monoisotopic (exact) mass is 266 g/mol. The van der Waals surface area contributed by atoms with Gasteiger partial charge in [-0.05, 0) is 25.1 Å². The van der Waals surface area contributed by atoms with Crippen molar-refractivity contribution in [2.45, 2.75) is 19.6 Å². The smallest absolute Gasteiger partial charge is 0.146 e. The Morgan fingerprint density at radius 1 is 1.50 bits per heavy atom. The predicted molar refractivity (Wildman–Crippen MR) is 69.6 cm³/mol. The minimum Gasteiger partial charge on any atom is -0.485 e. The van der Waals surface area contributed by atoms with E-state index in [1.807, 2.05) is 17.8 Å². The Hall–Kier alpha value is -1.52. The second-order valence-corrected chi connectivity index (χ2v) is 4.54. The zero-order chi connectivity index (χ0) is 13.1. The molecule has 0 amide bonds. The lowest BCUT2D eigenvalue weighted by molar-refractivity contribution is 0.189. The summed E-state index contributed by atoms with van der Waals surface area (Å²) < 4.78 is 7.56. The van der Waals surface area contributed by atoms with Crippen molar-refractivity contribution in [1.29, 1.82) is 0 Å². The molecule has 0 saturated carbocycles. The molecule has 2 rings (SSSR count). The molecule has 1 heterocycles. The molecule has 0 bridgehead atoms.